The van der Waals surface area contributed by atoms with Gasteiger partial charge < -0.3 is 0 Å². The molecule has 2 aromatic rings. The SMILES string of the molecule is Cc1ccc2c([N+](=O)[O-])csc2c1Br. The van der Waals surface area contributed by atoms with Gasteiger partial charge in [0, 0.05) is 4.47 Å². The van der Waals surface area contributed by atoms with E-state index in [0.717, 1.165) is 14.7 Å². The Hall–Kier alpha value is -0.940. The fourth-order valence-corrected chi connectivity index (χ4v) is 2.92. The maximum atomic E-state index is 10.7. The molecule has 0 bridgehead atoms. The molecule has 3 nitrogen and oxygen atoms in total. The molecule has 1 heterocycles. The molecular formula is C9H6BrNO2S. The van der Waals surface area contributed by atoms with Crippen molar-refractivity contribution in [2.24, 2.45) is 0 Å². The van der Waals surface area contributed by atoms with E-state index in [-0.39, 0.29) is 10.6 Å². The summed E-state index contributed by atoms with van der Waals surface area (Å²) in [5.41, 5.74) is 1.28. The highest BCUT2D eigenvalue weighted by Crippen LogP contribution is 2.37. The van der Waals surface area contributed by atoms with Gasteiger partial charge in [-0.2, -0.15) is 0 Å². The lowest BCUT2D eigenvalue weighted by Crippen LogP contribution is -1.85. The quantitative estimate of drug-likeness (QED) is 0.584. The van der Waals surface area contributed by atoms with Gasteiger partial charge in [0.1, 0.15) is 0 Å². The number of rotatable bonds is 1. The average molecular weight is 272 g/mol. The molecule has 14 heavy (non-hydrogen) atoms. The summed E-state index contributed by atoms with van der Waals surface area (Å²) >= 11 is 4.83. The first-order valence-corrected chi connectivity index (χ1v) is 5.59. The van der Waals surface area contributed by atoms with Gasteiger partial charge in [0.2, 0.25) is 0 Å². The molecule has 0 atom stereocenters. The van der Waals surface area contributed by atoms with Crippen LogP contribution in [0.15, 0.2) is 22.0 Å². The minimum atomic E-state index is -0.347. The predicted molar refractivity (Wildman–Crippen MR) is 60.9 cm³/mol. The first kappa shape index (κ1) is 9.61. The molecule has 5 heteroatoms. The van der Waals surface area contributed by atoms with Crippen molar-refractivity contribution in [3.8, 4) is 0 Å². The second kappa shape index (κ2) is 3.33. The summed E-state index contributed by atoms with van der Waals surface area (Å²) in [6, 6.07) is 3.68. The first-order chi connectivity index (χ1) is 6.61. The maximum Gasteiger partial charge on any atom is 0.287 e. The Morgan fingerprint density at radius 1 is 1.50 bits per heavy atom. The third-order valence-electron chi connectivity index (χ3n) is 2.05. The van der Waals surface area contributed by atoms with Crippen molar-refractivity contribution >= 4 is 43.0 Å². The average Bonchev–Trinajstić information content (AvgIpc) is 2.55. The lowest BCUT2D eigenvalue weighted by molar-refractivity contribution is -0.382. The Morgan fingerprint density at radius 2 is 2.21 bits per heavy atom. The highest BCUT2D eigenvalue weighted by molar-refractivity contribution is 9.10. The molecule has 0 amide bonds. The number of hydrogen-bond acceptors (Lipinski definition) is 3. The number of hydrogen-bond donors (Lipinski definition) is 0. The van der Waals surface area contributed by atoms with E-state index >= 15 is 0 Å². The third-order valence-corrected chi connectivity index (χ3v) is 4.34. The number of aryl methyl sites for hydroxylation is 1. The zero-order valence-electron chi connectivity index (χ0n) is 7.28. The second-order valence-corrected chi connectivity index (χ2v) is 4.62. The number of fused-ring (bicyclic) bond motifs is 1. The number of nitrogens with zero attached hydrogens (tertiary/aromatic N) is 1. The Morgan fingerprint density at radius 3 is 2.86 bits per heavy atom. The minimum Gasteiger partial charge on any atom is -0.258 e. The van der Waals surface area contributed by atoms with Gasteiger partial charge in [0.15, 0.2) is 0 Å². The lowest BCUT2D eigenvalue weighted by atomic mass is 10.2. The topological polar surface area (TPSA) is 43.1 Å². The van der Waals surface area contributed by atoms with E-state index in [2.05, 4.69) is 15.9 Å². The fraction of sp³-hybridized carbons (Fsp3) is 0.111. The standard InChI is InChI=1S/C9H6BrNO2S/c1-5-2-3-6-7(11(12)13)4-14-9(6)8(5)10/h2-4H,1H3. The molecule has 0 aliphatic heterocycles. The fourth-order valence-electron chi connectivity index (χ4n) is 1.29. The van der Waals surface area contributed by atoms with Gasteiger partial charge >= 0.3 is 0 Å². The van der Waals surface area contributed by atoms with Crippen LogP contribution in [0, 0.1) is 17.0 Å². The first-order valence-electron chi connectivity index (χ1n) is 3.92. The van der Waals surface area contributed by atoms with Crippen LogP contribution in [0.5, 0.6) is 0 Å². The summed E-state index contributed by atoms with van der Waals surface area (Å²) in [5, 5.41) is 13.0. The molecule has 0 N–H and O–H groups in total. The van der Waals surface area contributed by atoms with Gasteiger partial charge in [-0.1, -0.05) is 6.07 Å². The van der Waals surface area contributed by atoms with Gasteiger partial charge in [-0.05, 0) is 34.5 Å². The molecule has 0 spiro atoms. The van der Waals surface area contributed by atoms with Crippen molar-refractivity contribution in [1.82, 2.24) is 0 Å². The van der Waals surface area contributed by atoms with Crippen LogP contribution in [-0.4, -0.2) is 4.92 Å². The molecular weight excluding hydrogens is 266 g/mol. The van der Waals surface area contributed by atoms with Crippen LogP contribution in [0.2, 0.25) is 0 Å². The van der Waals surface area contributed by atoms with Crippen LogP contribution in [-0.2, 0) is 0 Å². The molecule has 0 unspecified atom stereocenters. The molecule has 2 rings (SSSR count). The van der Waals surface area contributed by atoms with Crippen LogP contribution < -0.4 is 0 Å². The van der Waals surface area contributed by atoms with Crippen molar-refractivity contribution in [1.29, 1.82) is 0 Å². The maximum absolute atomic E-state index is 10.7. The number of thiophene rings is 1. The van der Waals surface area contributed by atoms with Crippen molar-refractivity contribution in [2.75, 3.05) is 0 Å². The molecule has 0 aliphatic carbocycles. The van der Waals surface area contributed by atoms with E-state index in [4.69, 9.17) is 0 Å². The minimum absolute atomic E-state index is 0.186. The van der Waals surface area contributed by atoms with E-state index in [9.17, 15) is 10.1 Å². The Labute approximate surface area is 92.6 Å². The Balaban J connectivity index is 2.83. The summed E-state index contributed by atoms with van der Waals surface area (Å²) < 4.78 is 1.89. The summed E-state index contributed by atoms with van der Waals surface area (Å²) in [7, 11) is 0. The highest BCUT2D eigenvalue weighted by Gasteiger charge is 2.16. The molecule has 1 aromatic heterocycles. The highest BCUT2D eigenvalue weighted by atomic mass is 79.9. The van der Waals surface area contributed by atoms with Crippen LogP contribution >= 0.6 is 27.3 Å². The smallest absolute Gasteiger partial charge is 0.258 e. The van der Waals surface area contributed by atoms with Crippen LogP contribution in [0.4, 0.5) is 5.69 Å². The van der Waals surface area contributed by atoms with E-state index in [1.54, 1.807) is 11.4 Å². The molecule has 0 saturated heterocycles. The molecule has 0 fully saturated rings. The van der Waals surface area contributed by atoms with E-state index < -0.39 is 0 Å². The van der Waals surface area contributed by atoms with E-state index in [1.165, 1.54) is 11.3 Å². The Bertz CT molecular complexity index is 521. The molecule has 72 valence electrons. The zero-order valence-corrected chi connectivity index (χ0v) is 9.68. The van der Waals surface area contributed by atoms with Crippen LogP contribution in [0.25, 0.3) is 10.1 Å². The molecule has 0 aliphatic rings. The van der Waals surface area contributed by atoms with Crippen LogP contribution in [0.1, 0.15) is 5.56 Å². The predicted octanol–water partition coefficient (Wildman–Crippen LogP) is 3.88. The lowest BCUT2D eigenvalue weighted by Gasteiger charge is -1.97. The second-order valence-electron chi connectivity index (χ2n) is 2.95. The van der Waals surface area contributed by atoms with Crippen molar-refractivity contribution in [3.63, 3.8) is 0 Å². The molecule has 0 saturated carbocycles. The van der Waals surface area contributed by atoms with E-state index in [0.29, 0.717) is 5.39 Å². The van der Waals surface area contributed by atoms with Crippen molar-refractivity contribution in [2.45, 2.75) is 6.92 Å². The van der Waals surface area contributed by atoms with Gasteiger partial charge in [-0.15, -0.1) is 11.3 Å². The van der Waals surface area contributed by atoms with Crippen molar-refractivity contribution in [3.05, 3.63) is 37.7 Å². The van der Waals surface area contributed by atoms with Crippen LogP contribution in [0.3, 0.4) is 0 Å². The molecule has 1 aromatic carbocycles. The van der Waals surface area contributed by atoms with Crippen molar-refractivity contribution < 1.29 is 4.92 Å². The van der Waals surface area contributed by atoms with Gasteiger partial charge in [-0.25, -0.2) is 0 Å². The summed E-state index contributed by atoms with van der Waals surface area (Å²) in [4.78, 5) is 10.3. The monoisotopic (exact) mass is 271 g/mol. The zero-order chi connectivity index (χ0) is 10.3. The number of benzene rings is 1. The van der Waals surface area contributed by atoms with Gasteiger partial charge in [0.05, 0.1) is 20.4 Å². The van der Waals surface area contributed by atoms with Gasteiger partial charge in [0.25, 0.3) is 5.69 Å². The number of halogens is 1. The summed E-state index contributed by atoms with van der Waals surface area (Å²) in [5.74, 6) is 0. The van der Waals surface area contributed by atoms with Gasteiger partial charge in [-0.3, -0.25) is 10.1 Å². The Kier molecular flexibility index (Phi) is 2.28. The summed E-state index contributed by atoms with van der Waals surface area (Å²) in [6.07, 6.45) is 0. The largest absolute Gasteiger partial charge is 0.287 e. The third kappa shape index (κ3) is 1.33. The normalized spacial score (nSPS) is 10.7. The van der Waals surface area contributed by atoms with E-state index in [1.807, 2.05) is 13.0 Å². The molecule has 0 radical (unpaired) electrons. The number of nitro groups is 1. The summed E-state index contributed by atoms with van der Waals surface area (Å²) in [6.45, 7) is 1.97.